The average Bonchev–Trinajstić information content (AvgIpc) is 2.88. The van der Waals surface area contributed by atoms with Gasteiger partial charge in [-0.15, -0.1) is 0 Å². The van der Waals surface area contributed by atoms with Gasteiger partial charge in [-0.3, -0.25) is 0 Å². The summed E-state index contributed by atoms with van der Waals surface area (Å²) in [6.07, 6.45) is 6.16. The van der Waals surface area contributed by atoms with Crippen molar-refractivity contribution in [3.63, 3.8) is 0 Å². The molecule has 0 amide bonds. The third-order valence-electron chi connectivity index (χ3n) is 2.62. The van der Waals surface area contributed by atoms with E-state index in [1.165, 1.54) is 5.56 Å². The van der Waals surface area contributed by atoms with Gasteiger partial charge < -0.3 is 14.7 Å². The molecule has 0 aliphatic rings. The van der Waals surface area contributed by atoms with Crippen molar-refractivity contribution in [3.05, 3.63) is 41.9 Å². The van der Waals surface area contributed by atoms with Crippen LogP contribution in [0.15, 0.2) is 29.1 Å². The zero-order chi connectivity index (χ0) is 11.4. The van der Waals surface area contributed by atoms with E-state index in [9.17, 15) is 0 Å². The SMILES string of the molecule is CCNC(Cc1ncc[nH]1)c1occc1C. The van der Waals surface area contributed by atoms with Crippen molar-refractivity contribution in [2.45, 2.75) is 26.3 Å². The van der Waals surface area contributed by atoms with E-state index >= 15 is 0 Å². The number of aromatic nitrogens is 2. The first kappa shape index (κ1) is 11.0. The minimum atomic E-state index is 0.186. The Hall–Kier alpha value is -1.55. The average molecular weight is 219 g/mol. The zero-order valence-corrected chi connectivity index (χ0v) is 9.66. The van der Waals surface area contributed by atoms with Crippen LogP contribution in [0.1, 0.15) is 30.1 Å². The van der Waals surface area contributed by atoms with Crippen molar-refractivity contribution < 1.29 is 4.42 Å². The van der Waals surface area contributed by atoms with Crippen LogP contribution in [-0.4, -0.2) is 16.5 Å². The third kappa shape index (κ3) is 2.33. The van der Waals surface area contributed by atoms with E-state index < -0.39 is 0 Å². The van der Waals surface area contributed by atoms with Gasteiger partial charge in [0.2, 0.25) is 0 Å². The molecule has 2 heterocycles. The molecule has 1 unspecified atom stereocenters. The Morgan fingerprint density at radius 1 is 1.56 bits per heavy atom. The summed E-state index contributed by atoms with van der Waals surface area (Å²) in [6, 6.07) is 2.17. The van der Waals surface area contributed by atoms with Crippen LogP contribution < -0.4 is 5.32 Å². The van der Waals surface area contributed by atoms with Crippen molar-refractivity contribution in [1.82, 2.24) is 15.3 Å². The molecule has 4 heteroatoms. The van der Waals surface area contributed by atoms with Crippen LogP contribution in [0.25, 0.3) is 0 Å². The van der Waals surface area contributed by atoms with Gasteiger partial charge in [-0.1, -0.05) is 6.92 Å². The quantitative estimate of drug-likeness (QED) is 0.810. The lowest BCUT2D eigenvalue weighted by atomic mass is 10.1. The number of aryl methyl sites for hydroxylation is 1. The Kier molecular flexibility index (Phi) is 3.41. The molecule has 0 aliphatic carbocycles. The summed E-state index contributed by atoms with van der Waals surface area (Å²) in [4.78, 5) is 7.36. The molecule has 0 aliphatic heterocycles. The van der Waals surface area contributed by atoms with E-state index in [1.54, 1.807) is 12.5 Å². The van der Waals surface area contributed by atoms with Gasteiger partial charge in [0.15, 0.2) is 0 Å². The third-order valence-corrected chi connectivity index (χ3v) is 2.62. The molecule has 86 valence electrons. The van der Waals surface area contributed by atoms with Crippen LogP contribution in [0.2, 0.25) is 0 Å². The monoisotopic (exact) mass is 219 g/mol. The van der Waals surface area contributed by atoms with Gasteiger partial charge in [0, 0.05) is 18.8 Å². The van der Waals surface area contributed by atoms with Crippen LogP contribution in [0, 0.1) is 6.92 Å². The summed E-state index contributed by atoms with van der Waals surface area (Å²) >= 11 is 0. The summed E-state index contributed by atoms with van der Waals surface area (Å²) in [5, 5.41) is 3.41. The van der Waals surface area contributed by atoms with Crippen LogP contribution in [0.3, 0.4) is 0 Å². The van der Waals surface area contributed by atoms with E-state index in [-0.39, 0.29) is 6.04 Å². The van der Waals surface area contributed by atoms with Gasteiger partial charge in [0.25, 0.3) is 0 Å². The lowest BCUT2D eigenvalue weighted by Crippen LogP contribution is -2.23. The molecular weight excluding hydrogens is 202 g/mol. The van der Waals surface area contributed by atoms with Gasteiger partial charge in [-0.25, -0.2) is 4.98 Å². The number of hydrogen-bond donors (Lipinski definition) is 2. The van der Waals surface area contributed by atoms with Crippen molar-refractivity contribution in [1.29, 1.82) is 0 Å². The van der Waals surface area contributed by atoms with Gasteiger partial charge in [0.05, 0.1) is 12.3 Å². The van der Waals surface area contributed by atoms with Crippen molar-refractivity contribution in [2.24, 2.45) is 0 Å². The fourth-order valence-corrected chi connectivity index (χ4v) is 1.85. The molecule has 0 bridgehead atoms. The number of hydrogen-bond acceptors (Lipinski definition) is 3. The molecule has 4 nitrogen and oxygen atoms in total. The Labute approximate surface area is 95.1 Å². The number of rotatable bonds is 5. The Morgan fingerprint density at radius 3 is 3.00 bits per heavy atom. The standard InChI is InChI=1S/C12H17N3O/c1-3-13-10(8-11-14-5-6-15-11)12-9(2)4-7-16-12/h4-7,10,13H,3,8H2,1-2H3,(H,14,15). The Bertz CT molecular complexity index is 419. The second kappa shape index (κ2) is 4.99. The van der Waals surface area contributed by atoms with E-state index in [2.05, 4.69) is 29.1 Å². The second-order valence-electron chi connectivity index (χ2n) is 3.82. The topological polar surface area (TPSA) is 53.9 Å². The summed E-state index contributed by atoms with van der Waals surface area (Å²) in [7, 11) is 0. The van der Waals surface area contributed by atoms with Crippen LogP contribution in [-0.2, 0) is 6.42 Å². The first-order valence-corrected chi connectivity index (χ1v) is 5.57. The highest BCUT2D eigenvalue weighted by Crippen LogP contribution is 2.21. The van der Waals surface area contributed by atoms with Crippen LogP contribution in [0.4, 0.5) is 0 Å². The van der Waals surface area contributed by atoms with Crippen molar-refractivity contribution in [2.75, 3.05) is 6.54 Å². The van der Waals surface area contributed by atoms with Gasteiger partial charge in [-0.05, 0) is 25.1 Å². The van der Waals surface area contributed by atoms with E-state index in [0.29, 0.717) is 0 Å². The molecular formula is C12H17N3O. The highest BCUT2D eigenvalue weighted by molar-refractivity contribution is 5.19. The highest BCUT2D eigenvalue weighted by Gasteiger charge is 2.17. The lowest BCUT2D eigenvalue weighted by molar-refractivity contribution is 0.410. The van der Waals surface area contributed by atoms with Gasteiger partial charge in [-0.2, -0.15) is 0 Å². The molecule has 2 N–H and O–H groups in total. The maximum Gasteiger partial charge on any atom is 0.124 e. The minimum Gasteiger partial charge on any atom is -0.467 e. The minimum absolute atomic E-state index is 0.186. The predicted molar refractivity (Wildman–Crippen MR) is 62.2 cm³/mol. The zero-order valence-electron chi connectivity index (χ0n) is 9.66. The fourth-order valence-electron chi connectivity index (χ4n) is 1.85. The largest absolute Gasteiger partial charge is 0.467 e. The van der Waals surface area contributed by atoms with Gasteiger partial charge in [0.1, 0.15) is 11.6 Å². The molecule has 16 heavy (non-hydrogen) atoms. The summed E-state index contributed by atoms with van der Waals surface area (Å²) < 4.78 is 5.52. The number of aromatic amines is 1. The first-order valence-electron chi connectivity index (χ1n) is 5.57. The molecule has 0 fully saturated rings. The van der Waals surface area contributed by atoms with E-state index in [0.717, 1.165) is 24.6 Å². The molecule has 0 spiro atoms. The maximum absolute atomic E-state index is 5.52. The van der Waals surface area contributed by atoms with E-state index in [4.69, 9.17) is 4.42 Å². The molecule has 1 atom stereocenters. The molecule has 2 rings (SSSR count). The first-order chi connectivity index (χ1) is 7.81. The maximum atomic E-state index is 5.52. The van der Waals surface area contributed by atoms with Gasteiger partial charge >= 0.3 is 0 Å². The lowest BCUT2D eigenvalue weighted by Gasteiger charge is -2.15. The number of imidazole rings is 1. The Balaban J connectivity index is 2.14. The summed E-state index contributed by atoms with van der Waals surface area (Å²) in [6.45, 7) is 5.06. The highest BCUT2D eigenvalue weighted by atomic mass is 16.3. The molecule has 0 saturated heterocycles. The van der Waals surface area contributed by atoms with E-state index in [1.807, 2.05) is 12.3 Å². The Morgan fingerprint density at radius 2 is 2.44 bits per heavy atom. The summed E-state index contributed by atoms with van der Waals surface area (Å²) in [5.41, 5.74) is 1.18. The molecule has 2 aromatic heterocycles. The second-order valence-corrected chi connectivity index (χ2v) is 3.82. The number of likely N-dealkylation sites (N-methyl/N-ethyl adjacent to an activating group) is 1. The van der Waals surface area contributed by atoms with Crippen molar-refractivity contribution >= 4 is 0 Å². The number of furan rings is 1. The number of H-pyrrole nitrogens is 1. The molecule has 0 radical (unpaired) electrons. The smallest absolute Gasteiger partial charge is 0.124 e. The summed E-state index contributed by atoms with van der Waals surface area (Å²) in [5.74, 6) is 1.97. The number of nitrogens with zero attached hydrogens (tertiary/aromatic N) is 1. The number of nitrogens with one attached hydrogen (secondary N) is 2. The fraction of sp³-hybridized carbons (Fsp3) is 0.417. The molecule has 0 aromatic carbocycles. The molecule has 2 aromatic rings. The van der Waals surface area contributed by atoms with Crippen LogP contribution >= 0.6 is 0 Å². The molecule has 0 saturated carbocycles. The van der Waals surface area contributed by atoms with Crippen LogP contribution in [0.5, 0.6) is 0 Å². The normalized spacial score (nSPS) is 12.9. The van der Waals surface area contributed by atoms with Crippen molar-refractivity contribution in [3.8, 4) is 0 Å². The predicted octanol–water partition coefficient (Wildman–Crippen LogP) is 2.20.